The Morgan fingerprint density at radius 3 is 1.91 bits per heavy atom. The molecule has 1 heterocycles. The highest BCUT2D eigenvalue weighted by Gasteiger charge is 2.39. The van der Waals surface area contributed by atoms with Crippen molar-refractivity contribution in [3.63, 3.8) is 0 Å². The smallest absolute Gasteiger partial charge is 0.0294 e. The van der Waals surface area contributed by atoms with E-state index in [1.54, 1.807) is 0 Å². The Morgan fingerprint density at radius 2 is 1.64 bits per heavy atom. The summed E-state index contributed by atoms with van der Waals surface area (Å²) >= 11 is 2.66. The van der Waals surface area contributed by atoms with Gasteiger partial charge in [-0.3, -0.25) is 0 Å². The van der Waals surface area contributed by atoms with Crippen LogP contribution in [0.2, 0.25) is 0 Å². The third-order valence-electron chi connectivity index (χ3n) is 2.74. The Labute approximate surface area is 83.5 Å². The minimum absolute atomic E-state index is 0.454. The molecule has 1 saturated heterocycles. The largest absolute Gasteiger partial charge is 0.317 e. The van der Waals surface area contributed by atoms with E-state index in [-0.39, 0.29) is 0 Å². The van der Waals surface area contributed by atoms with Gasteiger partial charge in [-0.05, 0) is 31.3 Å². The van der Waals surface area contributed by atoms with Crippen molar-refractivity contribution in [1.82, 2.24) is 5.32 Å². The average molecular weight is 267 g/mol. The summed E-state index contributed by atoms with van der Waals surface area (Å²) in [6.07, 6.45) is 2.63. The maximum atomic E-state index is 3.41. The quantitative estimate of drug-likeness (QED) is 0.525. The lowest BCUT2D eigenvalue weighted by Gasteiger charge is -2.43. The zero-order valence-corrected chi connectivity index (χ0v) is 9.86. The highest BCUT2D eigenvalue weighted by Crippen LogP contribution is 2.44. The number of rotatable bonds is 0. The predicted molar refractivity (Wildman–Crippen MR) is 58.3 cm³/mol. The standard InChI is InChI=1S/C9H18IN/c1-8(2,3)9(10)4-6-11-7-5-9/h11H,4-7H2,1-3H3. The van der Waals surface area contributed by atoms with Gasteiger partial charge in [-0.1, -0.05) is 43.4 Å². The average Bonchev–Trinajstić information content (AvgIpc) is 1.87. The van der Waals surface area contributed by atoms with E-state index in [9.17, 15) is 0 Å². The Bertz CT molecular complexity index is 131. The first kappa shape index (κ1) is 9.78. The van der Waals surface area contributed by atoms with Crippen LogP contribution in [0.15, 0.2) is 0 Å². The number of halogens is 1. The Balaban J connectivity index is 2.64. The molecule has 11 heavy (non-hydrogen) atoms. The predicted octanol–water partition coefficient (Wildman–Crippen LogP) is 2.59. The topological polar surface area (TPSA) is 12.0 Å². The molecule has 66 valence electrons. The lowest BCUT2D eigenvalue weighted by atomic mass is 9.75. The lowest BCUT2D eigenvalue weighted by Crippen LogP contribution is -2.45. The molecule has 0 unspecified atom stereocenters. The first-order valence-corrected chi connectivity index (χ1v) is 5.43. The first-order valence-electron chi connectivity index (χ1n) is 4.35. The van der Waals surface area contributed by atoms with E-state index < -0.39 is 0 Å². The van der Waals surface area contributed by atoms with Gasteiger partial charge in [0.2, 0.25) is 0 Å². The van der Waals surface area contributed by atoms with Gasteiger partial charge in [0, 0.05) is 3.42 Å². The van der Waals surface area contributed by atoms with Crippen molar-refractivity contribution < 1.29 is 0 Å². The van der Waals surface area contributed by atoms with Gasteiger partial charge in [-0.25, -0.2) is 0 Å². The van der Waals surface area contributed by atoms with Gasteiger partial charge in [-0.15, -0.1) is 0 Å². The molecule has 0 amide bonds. The molecular formula is C9H18IN. The monoisotopic (exact) mass is 267 g/mol. The molecule has 1 nitrogen and oxygen atoms in total. The lowest BCUT2D eigenvalue weighted by molar-refractivity contribution is 0.242. The van der Waals surface area contributed by atoms with Crippen molar-refractivity contribution >= 4 is 22.6 Å². The summed E-state index contributed by atoms with van der Waals surface area (Å²) in [5.74, 6) is 0. The van der Waals surface area contributed by atoms with Crippen LogP contribution in [0.3, 0.4) is 0 Å². The number of alkyl halides is 1. The number of nitrogens with one attached hydrogen (secondary N) is 1. The molecule has 1 fully saturated rings. The van der Waals surface area contributed by atoms with Crippen LogP contribution in [0.4, 0.5) is 0 Å². The van der Waals surface area contributed by atoms with Gasteiger partial charge in [0.1, 0.15) is 0 Å². The maximum Gasteiger partial charge on any atom is 0.0294 e. The van der Waals surface area contributed by atoms with Gasteiger partial charge < -0.3 is 5.32 Å². The molecular weight excluding hydrogens is 249 g/mol. The maximum absolute atomic E-state index is 3.41. The molecule has 0 aromatic carbocycles. The van der Waals surface area contributed by atoms with Gasteiger partial charge in [0.05, 0.1) is 0 Å². The van der Waals surface area contributed by atoms with Crippen molar-refractivity contribution in [2.45, 2.75) is 37.0 Å². The second-order valence-electron chi connectivity index (χ2n) is 4.47. The highest BCUT2D eigenvalue weighted by molar-refractivity contribution is 14.1. The van der Waals surface area contributed by atoms with Crippen LogP contribution in [0.5, 0.6) is 0 Å². The van der Waals surface area contributed by atoms with Crippen LogP contribution in [-0.4, -0.2) is 16.5 Å². The van der Waals surface area contributed by atoms with Gasteiger partial charge >= 0.3 is 0 Å². The van der Waals surface area contributed by atoms with Gasteiger partial charge in [0.25, 0.3) is 0 Å². The van der Waals surface area contributed by atoms with E-state index in [2.05, 4.69) is 48.7 Å². The normalized spacial score (nSPS) is 25.1. The van der Waals surface area contributed by atoms with Crippen LogP contribution < -0.4 is 5.32 Å². The van der Waals surface area contributed by atoms with E-state index in [0.717, 1.165) is 0 Å². The summed E-state index contributed by atoms with van der Waals surface area (Å²) < 4.78 is 0.524. The van der Waals surface area contributed by atoms with E-state index in [0.29, 0.717) is 8.84 Å². The van der Waals surface area contributed by atoms with Crippen LogP contribution in [0, 0.1) is 5.41 Å². The minimum atomic E-state index is 0.454. The molecule has 2 heteroatoms. The molecule has 1 rings (SSSR count). The molecule has 1 aliphatic rings. The molecule has 1 aliphatic heterocycles. The van der Waals surface area contributed by atoms with E-state index in [1.807, 2.05) is 0 Å². The molecule has 0 spiro atoms. The first-order chi connectivity index (χ1) is 4.96. The second-order valence-corrected chi connectivity index (χ2v) is 6.53. The van der Waals surface area contributed by atoms with Crippen molar-refractivity contribution in [2.24, 2.45) is 5.41 Å². The molecule has 0 bridgehead atoms. The molecule has 0 radical (unpaired) electrons. The molecule has 0 aromatic rings. The van der Waals surface area contributed by atoms with E-state index in [1.165, 1.54) is 25.9 Å². The Morgan fingerprint density at radius 1 is 1.18 bits per heavy atom. The van der Waals surface area contributed by atoms with Gasteiger partial charge in [0.15, 0.2) is 0 Å². The van der Waals surface area contributed by atoms with Crippen molar-refractivity contribution in [3.05, 3.63) is 0 Å². The fourth-order valence-electron chi connectivity index (χ4n) is 1.57. The second kappa shape index (κ2) is 3.21. The van der Waals surface area contributed by atoms with Crippen LogP contribution in [-0.2, 0) is 0 Å². The minimum Gasteiger partial charge on any atom is -0.317 e. The van der Waals surface area contributed by atoms with Crippen molar-refractivity contribution in [2.75, 3.05) is 13.1 Å². The Hall–Kier alpha value is 0.690. The summed E-state index contributed by atoms with van der Waals surface area (Å²) in [4.78, 5) is 0. The third-order valence-corrected chi connectivity index (χ3v) is 5.44. The number of hydrogen-bond acceptors (Lipinski definition) is 1. The van der Waals surface area contributed by atoms with Crippen molar-refractivity contribution in [1.29, 1.82) is 0 Å². The molecule has 0 aromatic heterocycles. The van der Waals surface area contributed by atoms with Crippen molar-refractivity contribution in [3.8, 4) is 0 Å². The fraction of sp³-hybridized carbons (Fsp3) is 1.00. The zero-order valence-electron chi connectivity index (χ0n) is 7.71. The molecule has 0 atom stereocenters. The molecule has 0 saturated carbocycles. The highest BCUT2D eigenvalue weighted by atomic mass is 127. The molecule has 0 aliphatic carbocycles. The number of piperidine rings is 1. The summed E-state index contributed by atoms with van der Waals surface area (Å²) in [5.41, 5.74) is 0.454. The summed E-state index contributed by atoms with van der Waals surface area (Å²) in [7, 11) is 0. The summed E-state index contributed by atoms with van der Waals surface area (Å²) in [5, 5.41) is 3.41. The molecule has 1 N–H and O–H groups in total. The van der Waals surface area contributed by atoms with Crippen LogP contribution in [0.1, 0.15) is 33.6 Å². The summed E-state index contributed by atoms with van der Waals surface area (Å²) in [6, 6.07) is 0. The third kappa shape index (κ3) is 2.08. The van der Waals surface area contributed by atoms with E-state index in [4.69, 9.17) is 0 Å². The number of hydrogen-bond donors (Lipinski definition) is 1. The van der Waals surface area contributed by atoms with Crippen LogP contribution in [0.25, 0.3) is 0 Å². The van der Waals surface area contributed by atoms with Crippen LogP contribution >= 0.6 is 22.6 Å². The SMILES string of the molecule is CC(C)(C)C1(I)CCNCC1. The summed E-state index contributed by atoms with van der Waals surface area (Å²) in [6.45, 7) is 9.45. The van der Waals surface area contributed by atoms with Gasteiger partial charge in [-0.2, -0.15) is 0 Å². The Kier molecular flexibility index (Phi) is 2.85. The fourth-order valence-corrected chi connectivity index (χ4v) is 2.11. The van der Waals surface area contributed by atoms with E-state index >= 15 is 0 Å². The zero-order chi connectivity index (χ0) is 8.54.